The molecular weight excluding hydrogens is 220 g/mol. The fraction of sp³-hybridized carbons (Fsp3) is 0.625. The molecule has 0 saturated heterocycles. The van der Waals surface area contributed by atoms with Gasteiger partial charge in [-0.05, 0) is 49.9 Å². The number of benzene rings is 1. The first-order valence-corrected chi connectivity index (χ1v) is 7.26. The maximum Gasteiger partial charge on any atom is 0.0233 e. The van der Waals surface area contributed by atoms with Gasteiger partial charge in [-0.25, -0.2) is 0 Å². The lowest BCUT2D eigenvalue weighted by Gasteiger charge is -2.22. The van der Waals surface area contributed by atoms with E-state index in [9.17, 15) is 0 Å². The maximum atomic E-state index is 3.22. The van der Waals surface area contributed by atoms with Crippen LogP contribution in [0.4, 0.5) is 0 Å². The van der Waals surface area contributed by atoms with Crippen molar-refractivity contribution in [1.82, 2.24) is 10.2 Å². The van der Waals surface area contributed by atoms with Crippen molar-refractivity contribution in [2.45, 2.75) is 39.3 Å². The lowest BCUT2D eigenvalue weighted by atomic mass is 10.1. The zero-order valence-electron chi connectivity index (χ0n) is 11.8. The van der Waals surface area contributed by atoms with Crippen LogP contribution in [0.3, 0.4) is 0 Å². The number of hydrogen-bond donors (Lipinski definition) is 1. The van der Waals surface area contributed by atoms with Crippen molar-refractivity contribution < 1.29 is 0 Å². The summed E-state index contributed by atoms with van der Waals surface area (Å²) in [6, 6.07) is 8.98. The van der Waals surface area contributed by atoms with Crippen molar-refractivity contribution in [2.75, 3.05) is 20.1 Å². The maximum absolute atomic E-state index is 3.22. The molecule has 0 unspecified atom stereocenters. The molecule has 2 rings (SSSR count). The average molecular weight is 246 g/mol. The lowest BCUT2D eigenvalue weighted by Crippen LogP contribution is -2.26. The van der Waals surface area contributed by atoms with Crippen LogP contribution in [0.1, 0.15) is 37.3 Å². The van der Waals surface area contributed by atoms with E-state index in [1.807, 2.05) is 7.05 Å². The van der Waals surface area contributed by atoms with Gasteiger partial charge < -0.3 is 5.32 Å². The summed E-state index contributed by atoms with van der Waals surface area (Å²) in [4.78, 5) is 2.62. The SMILES string of the molecule is CCCN(Cc1cccc(CNC)c1)CC1CC1. The fourth-order valence-electron chi connectivity index (χ4n) is 2.52. The molecule has 1 N–H and O–H groups in total. The molecule has 18 heavy (non-hydrogen) atoms. The molecule has 0 atom stereocenters. The van der Waals surface area contributed by atoms with E-state index < -0.39 is 0 Å². The summed E-state index contributed by atoms with van der Waals surface area (Å²) >= 11 is 0. The number of nitrogens with one attached hydrogen (secondary N) is 1. The highest BCUT2D eigenvalue weighted by Crippen LogP contribution is 2.30. The minimum Gasteiger partial charge on any atom is -0.316 e. The van der Waals surface area contributed by atoms with E-state index in [1.165, 1.54) is 43.5 Å². The molecule has 0 heterocycles. The Kier molecular flexibility index (Phi) is 5.21. The van der Waals surface area contributed by atoms with E-state index in [1.54, 1.807) is 0 Å². The van der Waals surface area contributed by atoms with Crippen LogP contribution in [0.2, 0.25) is 0 Å². The number of nitrogens with zero attached hydrogens (tertiary/aromatic N) is 1. The zero-order chi connectivity index (χ0) is 12.8. The molecule has 0 aromatic heterocycles. The first kappa shape index (κ1) is 13.6. The first-order chi connectivity index (χ1) is 8.81. The fourth-order valence-corrected chi connectivity index (χ4v) is 2.52. The zero-order valence-corrected chi connectivity index (χ0v) is 11.8. The second kappa shape index (κ2) is 6.91. The third kappa shape index (κ3) is 4.43. The Labute approximate surface area is 111 Å². The van der Waals surface area contributed by atoms with Gasteiger partial charge in [0.2, 0.25) is 0 Å². The number of hydrogen-bond acceptors (Lipinski definition) is 2. The van der Waals surface area contributed by atoms with Crippen molar-refractivity contribution in [3.63, 3.8) is 0 Å². The Morgan fingerprint density at radius 3 is 2.72 bits per heavy atom. The van der Waals surface area contributed by atoms with Gasteiger partial charge >= 0.3 is 0 Å². The molecule has 0 radical (unpaired) electrons. The first-order valence-electron chi connectivity index (χ1n) is 7.26. The largest absolute Gasteiger partial charge is 0.316 e. The Bertz CT molecular complexity index is 358. The predicted octanol–water partition coefficient (Wildman–Crippen LogP) is 3.03. The molecule has 0 spiro atoms. The number of rotatable bonds is 8. The standard InChI is InChI=1S/C16H26N2/c1-3-9-18(12-14-7-8-14)13-16-6-4-5-15(10-16)11-17-2/h4-6,10,14,17H,3,7-9,11-13H2,1-2H3. The minimum atomic E-state index is 0.963. The molecule has 1 aromatic carbocycles. The van der Waals surface area contributed by atoms with Crippen molar-refractivity contribution in [1.29, 1.82) is 0 Å². The summed E-state index contributed by atoms with van der Waals surface area (Å²) in [6.45, 7) is 6.88. The highest BCUT2D eigenvalue weighted by atomic mass is 15.1. The van der Waals surface area contributed by atoms with Crippen LogP contribution in [-0.2, 0) is 13.1 Å². The van der Waals surface area contributed by atoms with Crippen molar-refractivity contribution in [2.24, 2.45) is 5.92 Å². The van der Waals surface area contributed by atoms with Gasteiger partial charge in [0, 0.05) is 19.6 Å². The van der Waals surface area contributed by atoms with E-state index >= 15 is 0 Å². The summed E-state index contributed by atoms with van der Waals surface area (Å²) in [5, 5.41) is 3.22. The summed E-state index contributed by atoms with van der Waals surface area (Å²) in [5.41, 5.74) is 2.84. The van der Waals surface area contributed by atoms with E-state index in [0.717, 1.165) is 19.0 Å². The molecule has 0 amide bonds. The van der Waals surface area contributed by atoms with Crippen LogP contribution in [0.5, 0.6) is 0 Å². The lowest BCUT2D eigenvalue weighted by molar-refractivity contribution is 0.255. The molecule has 0 bridgehead atoms. The van der Waals surface area contributed by atoms with E-state index in [2.05, 4.69) is 41.4 Å². The van der Waals surface area contributed by atoms with Gasteiger partial charge in [-0.3, -0.25) is 4.90 Å². The van der Waals surface area contributed by atoms with Gasteiger partial charge in [0.05, 0.1) is 0 Å². The van der Waals surface area contributed by atoms with Crippen LogP contribution in [0.25, 0.3) is 0 Å². The second-order valence-corrected chi connectivity index (χ2v) is 5.53. The van der Waals surface area contributed by atoms with Gasteiger partial charge in [0.25, 0.3) is 0 Å². The second-order valence-electron chi connectivity index (χ2n) is 5.53. The van der Waals surface area contributed by atoms with E-state index in [-0.39, 0.29) is 0 Å². The summed E-state index contributed by atoms with van der Waals surface area (Å²) < 4.78 is 0. The van der Waals surface area contributed by atoms with Crippen LogP contribution in [0, 0.1) is 5.92 Å². The molecular formula is C16H26N2. The van der Waals surface area contributed by atoms with Crippen LogP contribution in [0.15, 0.2) is 24.3 Å². The van der Waals surface area contributed by atoms with E-state index in [0.29, 0.717) is 0 Å². The monoisotopic (exact) mass is 246 g/mol. The predicted molar refractivity (Wildman–Crippen MR) is 77.5 cm³/mol. The highest BCUT2D eigenvalue weighted by Gasteiger charge is 2.23. The Morgan fingerprint density at radius 2 is 2.06 bits per heavy atom. The Balaban J connectivity index is 1.93. The molecule has 1 aromatic rings. The molecule has 100 valence electrons. The van der Waals surface area contributed by atoms with E-state index in [4.69, 9.17) is 0 Å². The van der Waals surface area contributed by atoms with Crippen LogP contribution >= 0.6 is 0 Å². The summed E-state index contributed by atoms with van der Waals surface area (Å²) in [7, 11) is 2.00. The molecule has 1 saturated carbocycles. The van der Waals surface area contributed by atoms with Gasteiger partial charge in [0.15, 0.2) is 0 Å². The topological polar surface area (TPSA) is 15.3 Å². The quantitative estimate of drug-likeness (QED) is 0.758. The molecule has 1 aliphatic rings. The van der Waals surface area contributed by atoms with Crippen LogP contribution in [-0.4, -0.2) is 25.0 Å². The van der Waals surface area contributed by atoms with Gasteiger partial charge in [-0.15, -0.1) is 0 Å². The molecule has 1 fully saturated rings. The smallest absolute Gasteiger partial charge is 0.0233 e. The summed E-state index contributed by atoms with van der Waals surface area (Å²) in [6.07, 6.45) is 4.14. The van der Waals surface area contributed by atoms with Crippen molar-refractivity contribution in [3.05, 3.63) is 35.4 Å². The third-order valence-electron chi connectivity index (χ3n) is 3.53. The van der Waals surface area contributed by atoms with Gasteiger partial charge in [0.1, 0.15) is 0 Å². The van der Waals surface area contributed by atoms with Crippen LogP contribution < -0.4 is 5.32 Å². The highest BCUT2D eigenvalue weighted by molar-refractivity contribution is 5.23. The Morgan fingerprint density at radius 1 is 1.28 bits per heavy atom. The molecule has 0 aliphatic heterocycles. The summed E-state index contributed by atoms with van der Waals surface area (Å²) in [5.74, 6) is 0.983. The molecule has 2 heteroatoms. The van der Waals surface area contributed by atoms with Gasteiger partial charge in [-0.1, -0.05) is 31.2 Å². The van der Waals surface area contributed by atoms with Crippen molar-refractivity contribution >= 4 is 0 Å². The molecule has 2 nitrogen and oxygen atoms in total. The van der Waals surface area contributed by atoms with Gasteiger partial charge in [-0.2, -0.15) is 0 Å². The third-order valence-corrected chi connectivity index (χ3v) is 3.53. The van der Waals surface area contributed by atoms with Crippen molar-refractivity contribution in [3.8, 4) is 0 Å². The normalized spacial score (nSPS) is 15.3. The average Bonchev–Trinajstić information content (AvgIpc) is 3.14. The minimum absolute atomic E-state index is 0.963. The Hall–Kier alpha value is -0.860. The molecule has 1 aliphatic carbocycles.